The van der Waals surface area contributed by atoms with Crippen molar-refractivity contribution in [3.05, 3.63) is 29.6 Å². The molecule has 1 saturated heterocycles. The lowest BCUT2D eigenvalue weighted by atomic mass is 10.0. The summed E-state index contributed by atoms with van der Waals surface area (Å²) in [5.41, 5.74) is -0.403. The molecule has 0 atom stereocenters. The Labute approximate surface area is 129 Å². The van der Waals surface area contributed by atoms with E-state index in [2.05, 4.69) is 4.72 Å². The van der Waals surface area contributed by atoms with Crippen LogP contribution in [-0.2, 0) is 14.8 Å². The highest BCUT2D eigenvalue weighted by molar-refractivity contribution is 7.89. The van der Waals surface area contributed by atoms with Crippen molar-refractivity contribution in [2.75, 3.05) is 19.7 Å². The lowest BCUT2D eigenvalue weighted by Gasteiger charge is -2.33. The number of nitrogens with zero attached hydrogens (tertiary/aromatic N) is 1. The average molecular weight is 330 g/mol. The van der Waals surface area contributed by atoms with Gasteiger partial charge in [-0.1, -0.05) is 0 Å². The summed E-state index contributed by atoms with van der Waals surface area (Å²) in [6.07, 6.45) is -0.456. The third-order valence-corrected chi connectivity index (χ3v) is 5.17. The standard InChI is InChI=1S/C14H19FN2O4S/c1-10-8-11(15)4-5-12(10)22(19,20)16-9-14(2,3)17-6-7-21-13(17)18/h4-5,8,16H,6-7,9H2,1-3H3. The number of ether oxygens (including phenoxy) is 1. The highest BCUT2D eigenvalue weighted by atomic mass is 32.2. The minimum atomic E-state index is -3.78. The third-order valence-electron chi connectivity index (χ3n) is 3.61. The molecule has 1 fully saturated rings. The number of nitrogens with one attached hydrogen (secondary N) is 1. The number of hydrogen-bond acceptors (Lipinski definition) is 4. The zero-order chi connectivity index (χ0) is 16.5. The van der Waals surface area contributed by atoms with Crippen LogP contribution in [0, 0.1) is 12.7 Å². The van der Waals surface area contributed by atoms with Gasteiger partial charge >= 0.3 is 6.09 Å². The summed E-state index contributed by atoms with van der Waals surface area (Å²) >= 11 is 0. The molecule has 1 amide bonds. The van der Waals surface area contributed by atoms with Gasteiger partial charge in [-0.05, 0) is 44.5 Å². The van der Waals surface area contributed by atoms with Gasteiger partial charge in [-0.15, -0.1) is 0 Å². The highest BCUT2D eigenvalue weighted by Gasteiger charge is 2.36. The molecule has 1 aliphatic heterocycles. The predicted octanol–water partition coefficient (Wildman–Crippen LogP) is 1.64. The fourth-order valence-corrected chi connectivity index (χ4v) is 3.73. The fourth-order valence-electron chi connectivity index (χ4n) is 2.30. The minimum Gasteiger partial charge on any atom is -0.448 e. The molecular weight excluding hydrogens is 311 g/mol. The molecule has 0 radical (unpaired) electrons. The van der Waals surface area contributed by atoms with Gasteiger partial charge in [0.1, 0.15) is 12.4 Å². The molecule has 0 spiro atoms. The van der Waals surface area contributed by atoms with Gasteiger partial charge in [0.2, 0.25) is 10.0 Å². The molecule has 6 nitrogen and oxygen atoms in total. The molecular formula is C14H19FN2O4S. The third kappa shape index (κ3) is 3.38. The molecule has 0 bridgehead atoms. The van der Waals surface area contributed by atoms with Crippen LogP contribution in [0.25, 0.3) is 0 Å². The summed E-state index contributed by atoms with van der Waals surface area (Å²) in [7, 11) is -3.78. The number of carbonyl (C=O) groups is 1. The lowest BCUT2D eigenvalue weighted by molar-refractivity contribution is 0.127. The van der Waals surface area contributed by atoms with Crippen molar-refractivity contribution in [2.24, 2.45) is 0 Å². The first-order valence-electron chi connectivity index (χ1n) is 6.84. The largest absolute Gasteiger partial charge is 0.448 e. The molecule has 1 aromatic rings. The predicted molar refractivity (Wildman–Crippen MR) is 78.5 cm³/mol. The van der Waals surface area contributed by atoms with Gasteiger partial charge in [0, 0.05) is 6.54 Å². The molecule has 0 saturated carbocycles. The first-order chi connectivity index (χ1) is 10.1. The first kappa shape index (κ1) is 16.7. The van der Waals surface area contributed by atoms with Crippen LogP contribution < -0.4 is 4.72 Å². The van der Waals surface area contributed by atoms with Gasteiger partial charge in [-0.2, -0.15) is 0 Å². The summed E-state index contributed by atoms with van der Waals surface area (Å²) in [6.45, 7) is 5.77. The molecule has 1 N–H and O–H groups in total. The summed E-state index contributed by atoms with van der Waals surface area (Å²) in [6, 6.07) is 3.49. The van der Waals surface area contributed by atoms with Crippen molar-refractivity contribution < 1.29 is 22.3 Å². The van der Waals surface area contributed by atoms with E-state index < -0.39 is 27.5 Å². The van der Waals surface area contributed by atoms with Gasteiger partial charge in [0.15, 0.2) is 0 Å². The van der Waals surface area contributed by atoms with Crippen LogP contribution in [0.1, 0.15) is 19.4 Å². The first-order valence-corrected chi connectivity index (χ1v) is 8.32. The van der Waals surface area contributed by atoms with Gasteiger partial charge in [0.25, 0.3) is 0 Å². The fraction of sp³-hybridized carbons (Fsp3) is 0.500. The molecule has 22 heavy (non-hydrogen) atoms. The van der Waals surface area contributed by atoms with E-state index in [1.165, 1.54) is 17.9 Å². The van der Waals surface area contributed by atoms with Crippen LogP contribution in [0.3, 0.4) is 0 Å². The van der Waals surface area contributed by atoms with Crippen molar-refractivity contribution in [1.29, 1.82) is 0 Å². The maximum atomic E-state index is 13.1. The Morgan fingerprint density at radius 3 is 2.64 bits per heavy atom. The van der Waals surface area contributed by atoms with E-state index in [0.717, 1.165) is 12.1 Å². The molecule has 122 valence electrons. The van der Waals surface area contributed by atoms with E-state index in [4.69, 9.17) is 4.74 Å². The Bertz CT molecular complexity index is 688. The number of rotatable bonds is 5. The topological polar surface area (TPSA) is 75.7 Å². The Balaban J connectivity index is 2.14. The number of halogens is 1. The molecule has 0 aromatic heterocycles. The lowest BCUT2D eigenvalue weighted by Crippen LogP contribution is -2.52. The van der Waals surface area contributed by atoms with Crippen molar-refractivity contribution in [3.8, 4) is 0 Å². The molecule has 0 unspecified atom stereocenters. The zero-order valence-electron chi connectivity index (χ0n) is 12.7. The van der Waals surface area contributed by atoms with E-state index in [9.17, 15) is 17.6 Å². The van der Waals surface area contributed by atoms with Gasteiger partial charge in [0.05, 0.1) is 17.0 Å². The van der Waals surface area contributed by atoms with Crippen LogP contribution >= 0.6 is 0 Å². The molecule has 1 aromatic carbocycles. The second-order valence-electron chi connectivity index (χ2n) is 5.81. The normalized spacial score (nSPS) is 16.0. The van der Waals surface area contributed by atoms with Crippen molar-refractivity contribution in [1.82, 2.24) is 9.62 Å². The molecule has 0 aliphatic carbocycles. The zero-order valence-corrected chi connectivity index (χ0v) is 13.5. The van der Waals surface area contributed by atoms with Crippen LogP contribution in [-0.4, -0.2) is 44.6 Å². The quantitative estimate of drug-likeness (QED) is 0.890. The minimum absolute atomic E-state index is 0.0219. The monoisotopic (exact) mass is 330 g/mol. The second-order valence-corrected chi connectivity index (χ2v) is 7.55. The van der Waals surface area contributed by atoms with Gasteiger partial charge in [-0.3, -0.25) is 4.90 Å². The van der Waals surface area contributed by atoms with Crippen LogP contribution in [0.15, 0.2) is 23.1 Å². The van der Waals surface area contributed by atoms with Crippen LogP contribution in [0.4, 0.5) is 9.18 Å². The van der Waals surface area contributed by atoms with Crippen LogP contribution in [0.2, 0.25) is 0 Å². The molecule has 8 heteroatoms. The van der Waals surface area contributed by atoms with E-state index in [0.29, 0.717) is 18.7 Å². The van der Waals surface area contributed by atoms with E-state index in [1.807, 2.05) is 0 Å². The van der Waals surface area contributed by atoms with E-state index in [-0.39, 0.29) is 11.4 Å². The Morgan fingerprint density at radius 1 is 1.41 bits per heavy atom. The Hall–Kier alpha value is -1.67. The summed E-state index contributed by atoms with van der Waals surface area (Å²) in [5.74, 6) is -0.489. The van der Waals surface area contributed by atoms with E-state index >= 15 is 0 Å². The maximum Gasteiger partial charge on any atom is 0.410 e. The number of aryl methyl sites for hydroxylation is 1. The van der Waals surface area contributed by atoms with E-state index in [1.54, 1.807) is 13.8 Å². The summed E-state index contributed by atoms with van der Waals surface area (Å²) in [4.78, 5) is 13.1. The molecule has 1 heterocycles. The van der Waals surface area contributed by atoms with Gasteiger partial charge in [-0.25, -0.2) is 22.3 Å². The van der Waals surface area contributed by atoms with Crippen molar-refractivity contribution >= 4 is 16.1 Å². The van der Waals surface area contributed by atoms with Crippen molar-refractivity contribution in [2.45, 2.75) is 31.2 Å². The highest BCUT2D eigenvalue weighted by Crippen LogP contribution is 2.21. The van der Waals surface area contributed by atoms with Crippen molar-refractivity contribution in [3.63, 3.8) is 0 Å². The molecule has 2 rings (SSSR count). The summed E-state index contributed by atoms with van der Waals surface area (Å²) in [5, 5.41) is 0. The number of benzene rings is 1. The number of hydrogen-bond donors (Lipinski definition) is 1. The van der Waals surface area contributed by atoms with Crippen LogP contribution in [0.5, 0.6) is 0 Å². The number of sulfonamides is 1. The SMILES string of the molecule is Cc1cc(F)ccc1S(=O)(=O)NCC(C)(C)N1CCOC1=O. The second kappa shape index (κ2) is 5.85. The number of cyclic esters (lactones) is 1. The van der Waals surface area contributed by atoms with Gasteiger partial charge < -0.3 is 4.74 Å². The number of amides is 1. The molecule has 1 aliphatic rings. The maximum absolute atomic E-state index is 13.1. The Kier molecular flexibility index (Phi) is 4.44. The smallest absolute Gasteiger partial charge is 0.410 e. The summed E-state index contributed by atoms with van der Waals surface area (Å²) < 4.78 is 45.1. The average Bonchev–Trinajstić information content (AvgIpc) is 2.83. The Morgan fingerprint density at radius 2 is 2.09 bits per heavy atom. The number of carbonyl (C=O) groups excluding carboxylic acids is 1.